The largest absolute Gasteiger partial charge is 0.478 e. The van der Waals surface area contributed by atoms with Crippen molar-refractivity contribution < 1.29 is 9.90 Å². The first kappa shape index (κ1) is 10.1. The molecule has 0 bridgehead atoms. The maximum Gasteiger partial charge on any atom is 0.328 e. The van der Waals surface area contributed by atoms with E-state index >= 15 is 0 Å². The van der Waals surface area contributed by atoms with Gasteiger partial charge in [-0.25, -0.2) is 4.79 Å². The molecule has 1 aromatic carbocycles. The van der Waals surface area contributed by atoms with Gasteiger partial charge in [-0.3, -0.25) is 0 Å². The number of aliphatic carboxylic acids is 1. The highest BCUT2D eigenvalue weighted by Gasteiger charge is 1.96. The zero-order valence-electron chi connectivity index (χ0n) is 6.50. The Balaban J connectivity index is 2.92. The minimum absolute atomic E-state index is 0.411. The Hall–Kier alpha value is -0.990. The Morgan fingerprint density at radius 3 is 2.54 bits per heavy atom. The van der Waals surface area contributed by atoms with Crippen LogP contribution < -0.4 is 0 Å². The molecule has 0 aliphatic carbocycles. The summed E-state index contributed by atoms with van der Waals surface area (Å²) in [6, 6.07) is 4.91. The molecule has 0 saturated heterocycles. The van der Waals surface area contributed by atoms with Crippen molar-refractivity contribution >= 4 is 35.2 Å². The molecule has 0 unspecified atom stereocenters. The Bertz CT molecular complexity index is 359. The lowest BCUT2D eigenvalue weighted by Crippen LogP contribution is -1.85. The summed E-state index contributed by atoms with van der Waals surface area (Å²) >= 11 is 11.4. The molecular formula is C9H6Cl2O2. The van der Waals surface area contributed by atoms with Gasteiger partial charge in [-0.2, -0.15) is 0 Å². The summed E-state index contributed by atoms with van der Waals surface area (Å²) in [6.07, 6.45) is 2.49. The van der Waals surface area contributed by atoms with Gasteiger partial charge in [0.25, 0.3) is 0 Å². The van der Waals surface area contributed by atoms with Crippen LogP contribution in [0.1, 0.15) is 5.56 Å². The summed E-state index contributed by atoms with van der Waals surface area (Å²) in [5.41, 5.74) is 0.705. The van der Waals surface area contributed by atoms with Crippen LogP contribution >= 0.6 is 23.2 Å². The molecule has 0 aromatic heterocycles. The lowest BCUT2D eigenvalue weighted by molar-refractivity contribution is -0.131. The van der Waals surface area contributed by atoms with Gasteiger partial charge in [-0.1, -0.05) is 29.3 Å². The van der Waals surface area contributed by atoms with E-state index in [2.05, 4.69) is 0 Å². The molecule has 2 nitrogen and oxygen atoms in total. The molecule has 0 radical (unpaired) electrons. The maximum absolute atomic E-state index is 10.2. The van der Waals surface area contributed by atoms with Gasteiger partial charge in [0.1, 0.15) is 0 Å². The third-order valence-electron chi connectivity index (χ3n) is 1.36. The average molecular weight is 217 g/mol. The molecule has 0 aliphatic heterocycles. The number of carboxylic acid groups (broad SMARTS) is 1. The first-order valence-corrected chi connectivity index (χ1v) is 4.21. The zero-order chi connectivity index (χ0) is 9.84. The van der Waals surface area contributed by atoms with E-state index in [0.29, 0.717) is 15.6 Å². The number of rotatable bonds is 2. The molecule has 0 aliphatic rings. The Morgan fingerprint density at radius 2 is 2.00 bits per heavy atom. The number of halogens is 2. The van der Waals surface area contributed by atoms with Crippen LogP contribution in [0.4, 0.5) is 0 Å². The standard InChI is InChI=1S/C9H6Cl2O2/c10-7-3-1-6(5-8(7)11)2-4-9(12)13/h1-5H,(H,12,13)/b4-2+. The molecule has 4 heteroatoms. The van der Waals surface area contributed by atoms with Crippen molar-refractivity contribution in [3.8, 4) is 0 Å². The van der Waals surface area contributed by atoms with Crippen LogP contribution in [-0.2, 0) is 4.79 Å². The smallest absolute Gasteiger partial charge is 0.328 e. The van der Waals surface area contributed by atoms with E-state index in [4.69, 9.17) is 28.3 Å². The predicted octanol–water partition coefficient (Wildman–Crippen LogP) is 3.09. The molecule has 1 aromatic rings. The first-order valence-electron chi connectivity index (χ1n) is 3.45. The predicted molar refractivity (Wildman–Crippen MR) is 53.1 cm³/mol. The highest BCUT2D eigenvalue weighted by molar-refractivity contribution is 6.42. The van der Waals surface area contributed by atoms with Gasteiger partial charge in [-0.15, -0.1) is 0 Å². The van der Waals surface area contributed by atoms with Crippen LogP contribution in [0, 0.1) is 0 Å². The summed E-state index contributed by atoms with van der Waals surface area (Å²) in [6.45, 7) is 0. The van der Waals surface area contributed by atoms with Gasteiger partial charge in [0, 0.05) is 6.08 Å². The van der Waals surface area contributed by atoms with Crippen molar-refractivity contribution in [3.63, 3.8) is 0 Å². The summed E-state index contributed by atoms with van der Waals surface area (Å²) in [5.74, 6) is -0.994. The second-order valence-electron chi connectivity index (χ2n) is 2.35. The Morgan fingerprint density at radius 1 is 1.31 bits per heavy atom. The fourth-order valence-corrected chi connectivity index (χ4v) is 1.09. The summed E-state index contributed by atoms with van der Waals surface area (Å²) in [5, 5.41) is 9.22. The van der Waals surface area contributed by atoms with Crippen LogP contribution in [0.5, 0.6) is 0 Å². The van der Waals surface area contributed by atoms with Crippen LogP contribution in [0.3, 0.4) is 0 Å². The fraction of sp³-hybridized carbons (Fsp3) is 0. The van der Waals surface area contributed by atoms with E-state index in [-0.39, 0.29) is 0 Å². The first-order chi connectivity index (χ1) is 6.09. The molecule has 0 atom stereocenters. The van der Waals surface area contributed by atoms with Crippen LogP contribution in [-0.4, -0.2) is 11.1 Å². The monoisotopic (exact) mass is 216 g/mol. The second-order valence-corrected chi connectivity index (χ2v) is 3.16. The van der Waals surface area contributed by atoms with E-state index in [1.54, 1.807) is 18.2 Å². The number of carbonyl (C=O) groups is 1. The summed E-state index contributed by atoms with van der Waals surface area (Å²) in [7, 11) is 0. The lowest BCUT2D eigenvalue weighted by Gasteiger charge is -1.96. The van der Waals surface area contributed by atoms with Crippen LogP contribution in [0.15, 0.2) is 24.3 Å². The topological polar surface area (TPSA) is 37.3 Å². The van der Waals surface area contributed by atoms with E-state index in [1.807, 2.05) is 0 Å². The number of hydrogen-bond acceptors (Lipinski definition) is 1. The van der Waals surface area contributed by atoms with E-state index in [9.17, 15) is 4.79 Å². The van der Waals surface area contributed by atoms with Gasteiger partial charge in [0.05, 0.1) is 10.0 Å². The van der Waals surface area contributed by atoms with Crippen LogP contribution in [0.2, 0.25) is 10.0 Å². The van der Waals surface area contributed by atoms with Gasteiger partial charge in [0.2, 0.25) is 0 Å². The number of benzene rings is 1. The molecule has 0 heterocycles. The lowest BCUT2D eigenvalue weighted by atomic mass is 10.2. The third-order valence-corrected chi connectivity index (χ3v) is 2.10. The number of carboxylic acids is 1. The summed E-state index contributed by atoms with van der Waals surface area (Å²) in [4.78, 5) is 10.2. The Kier molecular flexibility index (Phi) is 3.34. The van der Waals surface area contributed by atoms with Gasteiger partial charge in [0.15, 0.2) is 0 Å². The van der Waals surface area contributed by atoms with E-state index < -0.39 is 5.97 Å². The van der Waals surface area contributed by atoms with Gasteiger partial charge < -0.3 is 5.11 Å². The molecule has 0 fully saturated rings. The van der Waals surface area contributed by atoms with Gasteiger partial charge >= 0.3 is 5.97 Å². The molecule has 68 valence electrons. The maximum atomic E-state index is 10.2. The quantitative estimate of drug-likeness (QED) is 0.772. The Labute approximate surface area is 85.4 Å². The van der Waals surface area contributed by atoms with E-state index in [1.165, 1.54) is 6.08 Å². The minimum Gasteiger partial charge on any atom is -0.478 e. The number of hydrogen-bond donors (Lipinski definition) is 1. The minimum atomic E-state index is -0.994. The molecule has 1 N–H and O–H groups in total. The highest BCUT2D eigenvalue weighted by atomic mass is 35.5. The van der Waals surface area contributed by atoms with Crippen LogP contribution in [0.25, 0.3) is 6.08 Å². The molecular weight excluding hydrogens is 211 g/mol. The normalized spacial score (nSPS) is 10.6. The molecule has 1 rings (SSSR count). The SMILES string of the molecule is O=C(O)/C=C/c1ccc(Cl)c(Cl)c1. The molecule has 0 spiro atoms. The van der Waals surface area contributed by atoms with Crippen molar-refractivity contribution in [1.82, 2.24) is 0 Å². The average Bonchev–Trinajstić information content (AvgIpc) is 2.07. The van der Waals surface area contributed by atoms with Crippen molar-refractivity contribution in [2.24, 2.45) is 0 Å². The molecule has 0 amide bonds. The van der Waals surface area contributed by atoms with Crippen molar-refractivity contribution in [2.75, 3.05) is 0 Å². The highest BCUT2D eigenvalue weighted by Crippen LogP contribution is 2.22. The van der Waals surface area contributed by atoms with Crippen molar-refractivity contribution in [1.29, 1.82) is 0 Å². The fourth-order valence-electron chi connectivity index (χ4n) is 0.784. The van der Waals surface area contributed by atoms with Crippen molar-refractivity contribution in [2.45, 2.75) is 0 Å². The zero-order valence-corrected chi connectivity index (χ0v) is 8.01. The second kappa shape index (κ2) is 4.30. The summed E-state index contributed by atoms with van der Waals surface area (Å²) < 4.78 is 0. The molecule has 13 heavy (non-hydrogen) atoms. The van der Waals surface area contributed by atoms with E-state index in [0.717, 1.165) is 6.08 Å². The molecule has 0 saturated carbocycles. The van der Waals surface area contributed by atoms with Gasteiger partial charge in [-0.05, 0) is 23.8 Å². The van der Waals surface area contributed by atoms with Crippen molar-refractivity contribution in [3.05, 3.63) is 39.9 Å². The third kappa shape index (κ3) is 3.09.